The van der Waals surface area contributed by atoms with Crippen LogP contribution in [0.15, 0.2) is 24.6 Å². The lowest BCUT2D eigenvalue weighted by Gasteiger charge is -2.05. The van der Waals surface area contributed by atoms with E-state index in [2.05, 4.69) is 11.6 Å². The van der Waals surface area contributed by atoms with Crippen molar-refractivity contribution in [3.8, 4) is 0 Å². The summed E-state index contributed by atoms with van der Waals surface area (Å²) in [5.41, 5.74) is 0. The number of dihydropyridines is 1. The van der Waals surface area contributed by atoms with Crippen molar-refractivity contribution in [1.82, 2.24) is 5.32 Å². The van der Waals surface area contributed by atoms with E-state index in [-0.39, 0.29) is 0 Å². The molecule has 1 radical (unpaired) electrons. The SMILES string of the molecule is CS[C]1C=CNC=C1. The Bertz CT molecular complexity index is 106. The number of nitrogens with one attached hydrogen (secondary N) is 1. The fraction of sp³-hybridized carbons (Fsp3) is 0.167. The molecule has 0 fully saturated rings. The Morgan fingerprint density at radius 2 is 2.00 bits per heavy atom. The van der Waals surface area contributed by atoms with E-state index < -0.39 is 0 Å². The summed E-state index contributed by atoms with van der Waals surface area (Å²) in [6.07, 6.45) is 10.0. The Hall–Kier alpha value is -0.370. The van der Waals surface area contributed by atoms with Gasteiger partial charge in [-0.25, -0.2) is 0 Å². The van der Waals surface area contributed by atoms with Crippen LogP contribution in [-0.2, 0) is 0 Å². The van der Waals surface area contributed by atoms with Gasteiger partial charge in [0.05, 0.1) is 5.25 Å². The van der Waals surface area contributed by atoms with Gasteiger partial charge in [0, 0.05) is 0 Å². The Morgan fingerprint density at radius 1 is 1.38 bits per heavy atom. The van der Waals surface area contributed by atoms with E-state index >= 15 is 0 Å². The van der Waals surface area contributed by atoms with Crippen LogP contribution in [0.3, 0.4) is 0 Å². The molecule has 0 saturated heterocycles. The van der Waals surface area contributed by atoms with Gasteiger partial charge < -0.3 is 5.32 Å². The lowest BCUT2D eigenvalue weighted by molar-refractivity contribution is 1.16. The molecule has 1 rings (SSSR count). The number of hydrogen-bond donors (Lipinski definition) is 1. The van der Waals surface area contributed by atoms with Crippen LogP contribution in [0.5, 0.6) is 0 Å². The van der Waals surface area contributed by atoms with Crippen molar-refractivity contribution in [2.75, 3.05) is 6.26 Å². The van der Waals surface area contributed by atoms with Crippen LogP contribution in [0.4, 0.5) is 0 Å². The second-order valence-corrected chi connectivity index (χ2v) is 2.32. The van der Waals surface area contributed by atoms with E-state index in [1.165, 1.54) is 5.25 Å². The minimum Gasteiger partial charge on any atom is -0.368 e. The fourth-order valence-corrected chi connectivity index (χ4v) is 0.916. The molecule has 0 spiro atoms. The monoisotopic (exact) mass is 126 g/mol. The Labute approximate surface area is 53.9 Å². The quantitative estimate of drug-likeness (QED) is 0.571. The maximum absolute atomic E-state index is 2.95. The van der Waals surface area contributed by atoms with Crippen molar-refractivity contribution < 1.29 is 0 Å². The molecule has 0 amide bonds. The van der Waals surface area contributed by atoms with Gasteiger partial charge in [-0.05, 0) is 30.8 Å². The molecule has 0 bridgehead atoms. The third-order valence-electron chi connectivity index (χ3n) is 0.923. The summed E-state index contributed by atoms with van der Waals surface area (Å²) in [6.45, 7) is 0. The molecule has 1 heterocycles. The molecule has 1 N–H and O–H groups in total. The Balaban J connectivity index is 2.42. The summed E-state index contributed by atoms with van der Waals surface area (Å²) in [6, 6.07) is 0. The van der Waals surface area contributed by atoms with Crippen molar-refractivity contribution in [1.29, 1.82) is 0 Å². The van der Waals surface area contributed by atoms with Crippen LogP contribution in [0.2, 0.25) is 0 Å². The summed E-state index contributed by atoms with van der Waals surface area (Å²) in [4.78, 5) is 0. The smallest absolute Gasteiger partial charge is 0.0767 e. The highest BCUT2D eigenvalue weighted by Gasteiger charge is 1.97. The first-order valence-corrected chi connectivity index (χ1v) is 3.66. The molecule has 43 valence electrons. The maximum atomic E-state index is 2.95. The molecule has 1 aliphatic rings. The van der Waals surface area contributed by atoms with Gasteiger partial charge in [0.15, 0.2) is 0 Å². The van der Waals surface area contributed by atoms with Crippen LogP contribution in [0, 0.1) is 5.25 Å². The van der Waals surface area contributed by atoms with Gasteiger partial charge in [0.2, 0.25) is 0 Å². The molecule has 0 aromatic carbocycles. The van der Waals surface area contributed by atoms with Gasteiger partial charge in [-0.15, -0.1) is 11.8 Å². The minimum atomic E-state index is 1.30. The molecule has 1 aliphatic heterocycles. The standard InChI is InChI=1S/C6H8NS/c1-8-6-2-4-7-5-3-6/h2-5,7H,1H3. The molecule has 2 heteroatoms. The van der Waals surface area contributed by atoms with Gasteiger partial charge in [-0.3, -0.25) is 0 Å². The first-order valence-electron chi connectivity index (χ1n) is 2.43. The van der Waals surface area contributed by atoms with E-state index in [0.717, 1.165) is 0 Å². The highest BCUT2D eigenvalue weighted by molar-refractivity contribution is 8.01. The molecule has 8 heavy (non-hydrogen) atoms. The number of thioether (sulfide) groups is 1. The van der Waals surface area contributed by atoms with E-state index in [4.69, 9.17) is 0 Å². The second kappa shape index (κ2) is 2.82. The maximum Gasteiger partial charge on any atom is 0.0767 e. The van der Waals surface area contributed by atoms with E-state index in [9.17, 15) is 0 Å². The van der Waals surface area contributed by atoms with Crippen LogP contribution >= 0.6 is 11.8 Å². The summed E-state index contributed by atoms with van der Waals surface area (Å²) >= 11 is 1.75. The zero-order valence-electron chi connectivity index (χ0n) is 4.72. The summed E-state index contributed by atoms with van der Waals surface area (Å²) in [5, 5.41) is 4.25. The lowest BCUT2D eigenvalue weighted by atomic mass is 10.3. The number of hydrogen-bond acceptors (Lipinski definition) is 2. The van der Waals surface area contributed by atoms with Gasteiger partial charge in [-0.2, -0.15) is 0 Å². The molecule has 0 unspecified atom stereocenters. The topological polar surface area (TPSA) is 12.0 Å². The van der Waals surface area contributed by atoms with E-state index in [0.29, 0.717) is 0 Å². The average Bonchev–Trinajstić information content (AvgIpc) is 1.90. The van der Waals surface area contributed by atoms with Crippen LogP contribution in [-0.4, -0.2) is 6.26 Å². The molecule has 0 saturated carbocycles. The van der Waals surface area contributed by atoms with Crippen LogP contribution < -0.4 is 5.32 Å². The van der Waals surface area contributed by atoms with Gasteiger partial charge in [0.25, 0.3) is 0 Å². The van der Waals surface area contributed by atoms with Crippen LogP contribution in [0.25, 0.3) is 0 Å². The summed E-state index contributed by atoms with van der Waals surface area (Å²) in [7, 11) is 0. The van der Waals surface area contributed by atoms with E-state index in [1.54, 1.807) is 11.8 Å². The average molecular weight is 126 g/mol. The van der Waals surface area contributed by atoms with Crippen molar-refractivity contribution in [3.05, 3.63) is 29.8 Å². The highest BCUT2D eigenvalue weighted by Crippen LogP contribution is 2.19. The van der Waals surface area contributed by atoms with Crippen molar-refractivity contribution in [3.63, 3.8) is 0 Å². The highest BCUT2D eigenvalue weighted by atomic mass is 32.2. The fourth-order valence-electron chi connectivity index (χ4n) is 0.508. The predicted molar refractivity (Wildman–Crippen MR) is 38.2 cm³/mol. The normalized spacial score (nSPS) is 18.6. The predicted octanol–water partition coefficient (Wildman–Crippen LogP) is 1.51. The zero-order valence-corrected chi connectivity index (χ0v) is 5.53. The third kappa shape index (κ3) is 1.30. The molecule has 1 nitrogen and oxygen atoms in total. The molecule has 0 atom stereocenters. The minimum absolute atomic E-state index is 1.30. The third-order valence-corrected chi connectivity index (χ3v) is 1.67. The van der Waals surface area contributed by atoms with Crippen molar-refractivity contribution >= 4 is 11.8 Å². The largest absolute Gasteiger partial charge is 0.368 e. The van der Waals surface area contributed by atoms with Crippen molar-refractivity contribution in [2.24, 2.45) is 0 Å². The second-order valence-electron chi connectivity index (χ2n) is 1.44. The Morgan fingerprint density at radius 3 is 2.38 bits per heavy atom. The van der Waals surface area contributed by atoms with Gasteiger partial charge in [0.1, 0.15) is 0 Å². The van der Waals surface area contributed by atoms with Gasteiger partial charge >= 0.3 is 0 Å². The summed E-state index contributed by atoms with van der Waals surface area (Å²) in [5.74, 6) is 0. The first kappa shape index (κ1) is 5.76. The van der Waals surface area contributed by atoms with E-state index in [1.807, 2.05) is 24.6 Å². The first-order chi connectivity index (χ1) is 3.93. The molecule has 0 aromatic rings. The van der Waals surface area contributed by atoms with Gasteiger partial charge in [-0.1, -0.05) is 0 Å². The molecular weight excluding hydrogens is 118 g/mol. The zero-order chi connectivity index (χ0) is 5.82. The molecular formula is C6H8NS. The number of rotatable bonds is 1. The Kier molecular flexibility index (Phi) is 2.03. The molecule has 0 aromatic heterocycles. The summed E-state index contributed by atoms with van der Waals surface area (Å²) < 4.78 is 0. The van der Waals surface area contributed by atoms with Crippen molar-refractivity contribution in [2.45, 2.75) is 0 Å². The van der Waals surface area contributed by atoms with Crippen LogP contribution in [0.1, 0.15) is 0 Å². The lowest BCUT2D eigenvalue weighted by Crippen LogP contribution is -1.98. The molecule has 0 aliphatic carbocycles.